The lowest BCUT2D eigenvalue weighted by Crippen LogP contribution is -2.38. The summed E-state index contributed by atoms with van der Waals surface area (Å²) in [6, 6.07) is 12.0. The van der Waals surface area contributed by atoms with E-state index in [0.29, 0.717) is 53.0 Å². The summed E-state index contributed by atoms with van der Waals surface area (Å²) >= 11 is 6.00. The number of aromatic nitrogens is 3. The number of hydrogen-bond donors (Lipinski definition) is 2. The van der Waals surface area contributed by atoms with Crippen molar-refractivity contribution in [1.82, 2.24) is 15.0 Å². The summed E-state index contributed by atoms with van der Waals surface area (Å²) < 4.78 is 5.46. The Balaban J connectivity index is 1.33. The Hall–Kier alpha value is -3.83. The molecule has 5 rings (SSSR count). The van der Waals surface area contributed by atoms with E-state index >= 15 is 0 Å². The van der Waals surface area contributed by atoms with Crippen molar-refractivity contribution < 1.29 is 9.84 Å². The molecule has 36 heavy (non-hydrogen) atoms. The average molecular weight is 508 g/mol. The van der Waals surface area contributed by atoms with Crippen molar-refractivity contribution in [1.29, 1.82) is 0 Å². The second-order valence-corrected chi connectivity index (χ2v) is 8.78. The van der Waals surface area contributed by atoms with E-state index < -0.39 is 0 Å². The number of ether oxygens (including phenoxy) is 1. The lowest BCUT2D eigenvalue weighted by molar-refractivity contribution is 0.122. The second-order valence-electron chi connectivity index (χ2n) is 8.35. The molecule has 0 aliphatic carbocycles. The maximum absolute atomic E-state index is 10.3. The number of nitrogens with zero attached hydrogens (tertiary/aromatic N) is 8. The summed E-state index contributed by atoms with van der Waals surface area (Å²) in [5.74, 6) is 1.62. The number of phenolic OH excluding ortho intramolecular Hbond substituents is 1. The number of aromatic hydroxyl groups is 1. The van der Waals surface area contributed by atoms with Crippen LogP contribution in [0.4, 0.5) is 29.2 Å². The predicted molar refractivity (Wildman–Crippen MR) is 139 cm³/mol. The summed E-state index contributed by atoms with van der Waals surface area (Å²) in [4.78, 5) is 18.1. The van der Waals surface area contributed by atoms with E-state index in [2.05, 4.69) is 40.5 Å². The molecule has 2 fully saturated rings. The Morgan fingerprint density at radius 1 is 0.889 bits per heavy atom. The molecule has 12 heteroatoms. The molecule has 0 saturated carbocycles. The minimum Gasteiger partial charge on any atom is -0.507 e. The van der Waals surface area contributed by atoms with Gasteiger partial charge in [0.1, 0.15) is 5.75 Å². The Morgan fingerprint density at radius 3 is 2.31 bits per heavy atom. The van der Waals surface area contributed by atoms with E-state index in [1.807, 2.05) is 0 Å². The summed E-state index contributed by atoms with van der Waals surface area (Å²) in [6.45, 7) is 4.54. The van der Waals surface area contributed by atoms with Crippen LogP contribution in [0, 0.1) is 0 Å². The third kappa shape index (κ3) is 6.04. The van der Waals surface area contributed by atoms with Crippen molar-refractivity contribution in [2.75, 3.05) is 54.6 Å². The first-order chi connectivity index (χ1) is 17.6. The number of hydrazone groups is 1. The minimum atomic E-state index is 0.0599. The van der Waals surface area contributed by atoms with Gasteiger partial charge in [0, 0.05) is 36.8 Å². The van der Waals surface area contributed by atoms with Gasteiger partial charge in [-0.3, -0.25) is 0 Å². The van der Waals surface area contributed by atoms with Gasteiger partial charge in [-0.2, -0.15) is 30.3 Å². The Bertz CT molecular complexity index is 1260. The molecule has 0 spiro atoms. The first-order valence-corrected chi connectivity index (χ1v) is 12.1. The van der Waals surface area contributed by atoms with Crippen molar-refractivity contribution in [3.8, 4) is 5.75 Å². The van der Waals surface area contributed by atoms with Gasteiger partial charge in [-0.25, -0.2) is 5.43 Å². The van der Waals surface area contributed by atoms with Gasteiger partial charge < -0.3 is 19.6 Å². The van der Waals surface area contributed by atoms with Crippen LogP contribution in [-0.4, -0.2) is 65.7 Å². The van der Waals surface area contributed by atoms with Crippen molar-refractivity contribution in [2.45, 2.75) is 12.8 Å². The molecule has 1 aromatic heterocycles. The van der Waals surface area contributed by atoms with Gasteiger partial charge in [0.15, 0.2) is 0 Å². The standard InChI is InChI=1S/C24H26ClN9O2/c25-18-4-3-5-19(15-18)30-31-20-6-7-21(35)17(14-20)16-26-32-22-27-23(33-8-1-2-9-33)29-24(28-22)34-10-12-36-13-11-34/h3-7,14-16,35H,1-2,8-13H2,(H,27,28,29,32). The summed E-state index contributed by atoms with van der Waals surface area (Å²) in [7, 11) is 0. The topological polar surface area (TPSA) is 124 Å². The fraction of sp³-hybridized carbons (Fsp3) is 0.333. The highest BCUT2D eigenvalue weighted by Gasteiger charge is 2.21. The molecule has 3 heterocycles. The molecular formula is C24H26ClN9O2. The average Bonchev–Trinajstić information content (AvgIpc) is 3.45. The third-order valence-electron chi connectivity index (χ3n) is 5.76. The lowest BCUT2D eigenvalue weighted by Gasteiger charge is -2.27. The number of nitrogens with one attached hydrogen (secondary N) is 1. The predicted octanol–water partition coefficient (Wildman–Crippen LogP) is 4.53. The zero-order chi connectivity index (χ0) is 24.7. The van der Waals surface area contributed by atoms with Crippen LogP contribution in [0.2, 0.25) is 5.02 Å². The minimum absolute atomic E-state index is 0.0599. The molecule has 0 atom stereocenters. The second kappa shape index (κ2) is 11.3. The molecule has 2 aliphatic rings. The van der Waals surface area contributed by atoms with Crippen molar-refractivity contribution >= 4 is 47.0 Å². The number of morpholine rings is 1. The van der Waals surface area contributed by atoms with Crippen molar-refractivity contribution in [3.63, 3.8) is 0 Å². The fourth-order valence-electron chi connectivity index (χ4n) is 3.89. The number of rotatable bonds is 7. The van der Waals surface area contributed by atoms with Crippen LogP contribution in [0.15, 0.2) is 57.8 Å². The molecule has 0 bridgehead atoms. The SMILES string of the molecule is Oc1ccc(N=Nc2cccc(Cl)c2)cc1C=NNc1nc(N2CCCC2)nc(N2CCOCC2)n1. The summed E-state index contributed by atoms with van der Waals surface area (Å²) in [5, 5.41) is 23.5. The monoisotopic (exact) mass is 507 g/mol. The number of anilines is 3. The highest BCUT2D eigenvalue weighted by Crippen LogP contribution is 2.26. The maximum Gasteiger partial charge on any atom is 0.250 e. The summed E-state index contributed by atoms with van der Waals surface area (Å²) in [5.41, 5.74) is 4.54. The highest BCUT2D eigenvalue weighted by molar-refractivity contribution is 6.30. The quantitative estimate of drug-likeness (QED) is 0.271. The number of hydrogen-bond acceptors (Lipinski definition) is 11. The van der Waals surface area contributed by atoms with Crippen LogP contribution < -0.4 is 15.2 Å². The van der Waals surface area contributed by atoms with Gasteiger partial charge in [-0.1, -0.05) is 17.7 Å². The molecule has 0 amide bonds. The van der Waals surface area contributed by atoms with Crippen LogP contribution in [0.5, 0.6) is 5.75 Å². The van der Waals surface area contributed by atoms with Gasteiger partial charge >= 0.3 is 0 Å². The van der Waals surface area contributed by atoms with Gasteiger partial charge in [0.25, 0.3) is 0 Å². The van der Waals surface area contributed by atoms with E-state index in [-0.39, 0.29) is 5.75 Å². The molecule has 0 radical (unpaired) electrons. The molecular weight excluding hydrogens is 482 g/mol. The normalized spacial score (nSPS) is 16.4. The first-order valence-electron chi connectivity index (χ1n) is 11.8. The molecule has 3 aromatic rings. The van der Waals surface area contributed by atoms with Crippen molar-refractivity contribution in [3.05, 3.63) is 53.1 Å². The van der Waals surface area contributed by atoms with Crippen LogP contribution in [0.3, 0.4) is 0 Å². The number of halogens is 1. The summed E-state index contributed by atoms with van der Waals surface area (Å²) in [6.07, 6.45) is 3.72. The smallest absolute Gasteiger partial charge is 0.250 e. The number of benzene rings is 2. The van der Waals surface area contributed by atoms with E-state index in [0.717, 1.165) is 39.0 Å². The van der Waals surface area contributed by atoms with Gasteiger partial charge in [0.05, 0.1) is 30.8 Å². The van der Waals surface area contributed by atoms with Crippen LogP contribution in [-0.2, 0) is 4.74 Å². The van der Waals surface area contributed by atoms with E-state index in [1.165, 1.54) is 6.21 Å². The maximum atomic E-state index is 10.3. The van der Waals surface area contributed by atoms with Gasteiger partial charge in [-0.15, -0.1) is 0 Å². The van der Waals surface area contributed by atoms with Crippen molar-refractivity contribution in [2.24, 2.45) is 15.3 Å². The molecule has 186 valence electrons. The molecule has 11 nitrogen and oxygen atoms in total. The largest absolute Gasteiger partial charge is 0.507 e. The fourth-order valence-corrected chi connectivity index (χ4v) is 4.07. The van der Waals surface area contributed by atoms with Crippen LogP contribution >= 0.6 is 11.6 Å². The molecule has 2 aromatic carbocycles. The Kier molecular flexibility index (Phi) is 7.48. The first kappa shape index (κ1) is 23.9. The van der Waals surface area contributed by atoms with Crippen LogP contribution in [0.1, 0.15) is 18.4 Å². The lowest BCUT2D eigenvalue weighted by atomic mass is 10.2. The molecule has 2 aliphatic heterocycles. The Labute approximate surface area is 213 Å². The third-order valence-corrected chi connectivity index (χ3v) is 6.00. The van der Waals surface area contributed by atoms with E-state index in [9.17, 15) is 5.11 Å². The zero-order valence-electron chi connectivity index (χ0n) is 19.6. The Morgan fingerprint density at radius 2 is 1.58 bits per heavy atom. The zero-order valence-corrected chi connectivity index (χ0v) is 20.3. The molecule has 2 saturated heterocycles. The van der Waals surface area contributed by atoms with E-state index in [1.54, 1.807) is 42.5 Å². The molecule has 2 N–H and O–H groups in total. The van der Waals surface area contributed by atoms with Gasteiger partial charge in [-0.05, 0) is 49.2 Å². The van der Waals surface area contributed by atoms with Crippen LogP contribution in [0.25, 0.3) is 0 Å². The molecule has 0 unspecified atom stereocenters. The van der Waals surface area contributed by atoms with Gasteiger partial charge in [0.2, 0.25) is 17.8 Å². The highest BCUT2D eigenvalue weighted by atomic mass is 35.5. The number of azo groups is 1. The van der Waals surface area contributed by atoms with E-state index in [4.69, 9.17) is 21.3 Å². The number of phenols is 1.